The Morgan fingerprint density at radius 1 is 1.47 bits per heavy atom. The first-order chi connectivity index (χ1) is 7.06. The van der Waals surface area contributed by atoms with Crippen LogP contribution < -0.4 is 0 Å². The lowest BCUT2D eigenvalue weighted by atomic mass is 10.2. The average molecular weight is 209 g/mol. The number of hydrogen-bond donors (Lipinski definition) is 2. The number of carbonyl (C=O) groups excluding carboxylic acids is 1. The van der Waals surface area contributed by atoms with Gasteiger partial charge in [-0.25, -0.2) is 4.79 Å². The summed E-state index contributed by atoms with van der Waals surface area (Å²) in [4.78, 5) is 21.0. The van der Waals surface area contributed by atoms with E-state index in [0.717, 1.165) is 0 Å². The molecule has 1 aromatic heterocycles. The van der Waals surface area contributed by atoms with Crippen molar-refractivity contribution in [1.82, 2.24) is 4.57 Å². The number of carboxylic acids is 1. The van der Waals surface area contributed by atoms with Crippen LogP contribution in [0, 0.1) is 0 Å². The van der Waals surface area contributed by atoms with Crippen LogP contribution in [-0.2, 0) is 16.1 Å². The van der Waals surface area contributed by atoms with Gasteiger partial charge in [0.15, 0.2) is 0 Å². The Morgan fingerprint density at radius 3 is 2.67 bits per heavy atom. The minimum Gasteiger partial charge on any atom is -0.506 e. The van der Waals surface area contributed by atoms with E-state index in [0.29, 0.717) is 18.3 Å². The lowest BCUT2D eigenvalue weighted by molar-refractivity contribution is -0.146. The van der Waals surface area contributed by atoms with Crippen LogP contribution in [0.25, 0.3) is 5.76 Å². The Morgan fingerprint density at radius 2 is 2.13 bits per heavy atom. The smallest absolute Gasteiger partial charge is 0.376 e. The van der Waals surface area contributed by atoms with Crippen LogP contribution in [-0.4, -0.2) is 26.5 Å². The fourth-order valence-corrected chi connectivity index (χ4v) is 1.18. The third kappa shape index (κ3) is 2.46. The van der Waals surface area contributed by atoms with Crippen molar-refractivity contribution in [3.63, 3.8) is 0 Å². The summed E-state index contributed by atoms with van der Waals surface area (Å²) in [5.41, 5.74) is 0.423. The molecule has 1 heterocycles. The summed E-state index contributed by atoms with van der Waals surface area (Å²) >= 11 is 0. The summed E-state index contributed by atoms with van der Waals surface area (Å²) < 4.78 is 1.70. The Labute approximate surface area is 86.3 Å². The standard InChI is InChI=1S/C10H11NO4/c1-2-11-5-3-4-7(11)8(12)6-9(13)10(14)15/h3-6,12H,2H2,1H3,(H,14,15)/b8-6+. The van der Waals surface area contributed by atoms with Gasteiger partial charge < -0.3 is 14.8 Å². The predicted octanol–water partition coefficient (Wildman–Crippen LogP) is 1.06. The van der Waals surface area contributed by atoms with Gasteiger partial charge in [-0.3, -0.25) is 4.79 Å². The highest BCUT2D eigenvalue weighted by molar-refractivity contribution is 6.38. The summed E-state index contributed by atoms with van der Waals surface area (Å²) in [7, 11) is 0. The molecule has 0 atom stereocenters. The zero-order valence-electron chi connectivity index (χ0n) is 8.17. The number of aliphatic hydroxyl groups is 1. The maximum absolute atomic E-state index is 10.8. The monoisotopic (exact) mass is 209 g/mol. The quantitative estimate of drug-likeness (QED) is 0.441. The molecule has 5 nitrogen and oxygen atoms in total. The Balaban J connectivity index is 2.98. The largest absolute Gasteiger partial charge is 0.506 e. The van der Waals surface area contributed by atoms with Crippen LogP contribution in [0.4, 0.5) is 0 Å². The Bertz CT molecular complexity index is 417. The second kappa shape index (κ2) is 4.45. The Hall–Kier alpha value is -2.04. The van der Waals surface area contributed by atoms with Crippen LogP contribution in [0.3, 0.4) is 0 Å². The molecule has 0 spiro atoms. The number of rotatable bonds is 4. The molecule has 0 saturated heterocycles. The second-order valence-electron chi connectivity index (χ2n) is 2.88. The van der Waals surface area contributed by atoms with Gasteiger partial charge >= 0.3 is 5.97 Å². The van der Waals surface area contributed by atoms with Gasteiger partial charge in [-0.15, -0.1) is 0 Å². The SMILES string of the molecule is CCn1cccc1/C(O)=C\C(=O)C(=O)O. The number of aryl methyl sites for hydroxylation is 1. The molecule has 0 aliphatic rings. The first-order valence-electron chi connectivity index (χ1n) is 4.39. The highest BCUT2D eigenvalue weighted by Crippen LogP contribution is 2.12. The van der Waals surface area contributed by atoms with Crippen LogP contribution >= 0.6 is 0 Å². The summed E-state index contributed by atoms with van der Waals surface area (Å²) in [6.07, 6.45) is 2.43. The minimum atomic E-state index is -1.59. The molecule has 5 heteroatoms. The molecular formula is C10H11NO4. The van der Waals surface area contributed by atoms with Gasteiger partial charge in [0, 0.05) is 18.8 Å². The van der Waals surface area contributed by atoms with E-state index in [1.54, 1.807) is 22.9 Å². The fraction of sp³-hybridized carbons (Fsp3) is 0.200. The topological polar surface area (TPSA) is 79.5 Å². The van der Waals surface area contributed by atoms with Gasteiger partial charge in [0.05, 0.1) is 5.69 Å². The summed E-state index contributed by atoms with van der Waals surface area (Å²) in [5.74, 6) is -3.07. The van der Waals surface area contributed by atoms with Crippen LogP contribution in [0.15, 0.2) is 24.4 Å². The van der Waals surface area contributed by atoms with E-state index in [2.05, 4.69) is 0 Å². The summed E-state index contributed by atoms with van der Waals surface area (Å²) in [6.45, 7) is 2.50. The molecule has 0 unspecified atom stereocenters. The van der Waals surface area contributed by atoms with Gasteiger partial charge in [0.1, 0.15) is 5.76 Å². The van der Waals surface area contributed by atoms with E-state index >= 15 is 0 Å². The number of nitrogens with zero attached hydrogens (tertiary/aromatic N) is 1. The number of aliphatic hydroxyl groups excluding tert-OH is 1. The van der Waals surface area contributed by atoms with E-state index < -0.39 is 11.8 Å². The number of hydrogen-bond acceptors (Lipinski definition) is 3. The second-order valence-corrected chi connectivity index (χ2v) is 2.88. The normalized spacial score (nSPS) is 11.4. The molecule has 1 rings (SSSR count). The molecule has 0 fully saturated rings. The highest BCUT2D eigenvalue weighted by atomic mass is 16.4. The van der Waals surface area contributed by atoms with E-state index in [-0.39, 0.29) is 5.76 Å². The fourth-order valence-electron chi connectivity index (χ4n) is 1.18. The first kappa shape index (κ1) is 11.0. The van der Waals surface area contributed by atoms with Crippen molar-refractivity contribution in [3.8, 4) is 0 Å². The maximum Gasteiger partial charge on any atom is 0.376 e. The molecule has 15 heavy (non-hydrogen) atoms. The molecular weight excluding hydrogens is 198 g/mol. The number of ketones is 1. The number of carbonyl (C=O) groups is 2. The molecule has 0 bridgehead atoms. The van der Waals surface area contributed by atoms with Crippen molar-refractivity contribution in [2.24, 2.45) is 0 Å². The first-order valence-corrected chi connectivity index (χ1v) is 4.39. The lowest BCUT2D eigenvalue weighted by Crippen LogP contribution is -2.10. The van der Waals surface area contributed by atoms with Crippen molar-refractivity contribution in [1.29, 1.82) is 0 Å². The minimum absolute atomic E-state index is 0.339. The van der Waals surface area contributed by atoms with Gasteiger partial charge in [-0.1, -0.05) is 0 Å². The lowest BCUT2D eigenvalue weighted by Gasteiger charge is -2.04. The molecule has 0 amide bonds. The molecule has 80 valence electrons. The average Bonchev–Trinajstić information content (AvgIpc) is 2.64. The van der Waals surface area contributed by atoms with Crippen molar-refractivity contribution in [2.75, 3.05) is 0 Å². The number of aromatic nitrogens is 1. The number of carboxylic acid groups (broad SMARTS) is 1. The zero-order chi connectivity index (χ0) is 11.4. The molecule has 0 aromatic carbocycles. The van der Waals surface area contributed by atoms with Gasteiger partial charge in [0.25, 0.3) is 5.78 Å². The summed E-state index contributed by atoms with van der Waals surface area (Å²) in [6, 6.07) is 3.30. The van der Waals surface area contributed by atoms with E-state index in [1.807, 2.05) is 6.92 Å². The highest BCUT2D eigenvalue weighted by Gasteiger charge is 2.12. The van der Waals surface area contributed by atoms with Gasteiger partial charge in [-0.2, -0.15) is 0 Å². The van der Waals surface area contributed by atoms with E-state index in [4.69, 9.17) is 5.11 Å². The molecule has 0 radical (unpaired) electrons. The van der Waals surface area contributed by atoms with Crippen LogP contribution in [0.1, 0.15) is 12.6 Å². The van der Waals surface area contributed by atoms with Crippen molar-refractivity contribution in [2.45, 2.75) is 13.5 Å². The molecule has 1 aromatic rings. The van der Waals surface area contributed by atoms with Crippen molar-refractivity contribution >= 4 is 17.5 Å². The number of aliphatic carboxylic acids is 1. The maximum atomic E-state index is 10.8. The van der Waals surface area contributed by atoms with Gasteiger partial charge in [-0.05, 0) is 19.1 Å². The van der Waals surface area contributed by atoms with E-state index in [9.17, 15) is 14.7 Å². The zero-order valence-corrected chi connectivity index (χ0v) is 8.17. The van der Waals surface area contributed by atoms with Crippen molar-refractivity contribution < 1.29 is 19.8 Å². The van der Waals surface area contributed by atoms with Crippen molar-refractivity contribution in [3.05, 3.63) is 30.1 Å². The molecule has 0 aliphatic heterocycles. The molecule has 0 saturated carbocycles. The third-order valence-corrected chi connectivity index (χ3v) is 1.91. The van der Waals surface area contributed by atoms with Gasteiger partial charge in [0.2, 0.25) is 0 Å². The molecule has 0 aliphatic carbocycles. The van der Waals surface area contributed by atoms with Crippen LogP contribution in [0.5, 0.6) is 0 Å². The van der Waals surface area contributed by atoms with E-state index in [1.165, 1.54) is 0 Å². The summed E-state index contributed by atoms with van der Waals surface area (Å²) in [5, 5.41) is 17.8. The third-order valence-electron chi connectivity index (χ3n) is 1.91. The molecule has 2 N–H and O–H groups in total. The Kier molecular flexibility index (Phi) is 3.28. The predicted molar refractivity (Wildman–Crippen MR) is 53.4 cm³/mol. The van der Waals surface area contributed by atoms with Crippen LogP contribution in [0.2, 0.25) is 0 Å².